The van der Waals surface area contributed by atoms with Crippen molar-refractivity contribution < 1.29 is 14.7 Å². The maximum Gasteiger partial charge on any atom is 0.281 e. The van der Waals surface area contributed by atoms with Crippen molar-refractivity contribution in [3.8, 4) is 5.75 Å². The molecule has 0 saturated heterocycles. The largest absolute Gasteiger partial charge is 0.497 e. The van der Waals surface area contributed by atoms with Gasteiger partial charge in [-0.3, -0.25) is 10.0 Å². The van der Waals surface area contributed by atoms with Crippen LogP contribution in [0.3, 0.4) is 0 Å². The predicted molar refractivity (Wildman–Crippen MR) is 73.8 cm³/mol. The standard InChI is InChI=1S/C15H14N2O3/c1-20-11-6-4-5-10(9-11)14-16-13-8-3-2-7-12(13)15(18)17(14)19/h2-9,14,16,19H,1H3/t14-/m0/s1. The van der Waals surface area contributed by atoms with Gasteiger partial charge in [0.25, 0.3) is 5.91 Å². The van der Waals surface area contributed by atoms with Gasteiger partial charge in [-0.1, -0.05) is 24.3 Å². The number of nitrogens with zero attached hydrogens (tertiary/aromatic N) is 1. The number of fused-ring (bicyclic) bond motifs is 1. The highest BCUT2D eigenvalue weighted by Gasteiger charge is 2.32. The number of nitrogens with one attached hydrogen (secondary N) is 1. The van der Waals surface area contributed by atoms with E-state index in [1.165, 1.54) is 0 Å². The molecule has 0 aromatic heterocycles. The summed E-state index contributed by atoms with van der Waals surface area (Å²) in [6.07, 6.45) is -0.632. The molecule has 3 rings (SSSR count). The maximum atomic E-state index is 12.2. The summed E-state index contributed by atoms with van der Waals surface area (Å²) in [7, 11) is 1.57. The number of hydroxylamine groups is 2. The molecule has 2 N–H and O–H groups in total. The van der Waals surface area contributed by atoms with Crippen LogP contribution in [0.4, 0.5) is 5.69 Å². The summed E-state index contributed by atoms with van der Waals surface area (Å²) >= 11 is 0. The Hall–Kier alpha value is -2.53. The molecule has 5 heteroatoms. The summed E-state index contributed by atoms with van der Waals surface area (Å²) in [4.78, 5) is 12.2. The zero-order valence-corrected chi connectivity index (χ0v) is 10.9. The van der Waals surface area contributed by atoms with Crippen LogP contribution in [-0.4, -0.2) is 23.3 Å². The Balaban J connectivity index is 2.01. The van der Waals surface area contributed by atoms with Crippen LogP contribution in [-0.2, 0) is 0 Å². The summed E-state index contributed by atoms with van der Waals surface area (Å²) < 4.78 is 5.16. The lowest BCUT2D eigenvalue weighted by molar-refractivity contribution is -0.0851. The molecule has 0 bridgehead atoms. The molecule has 5 nitrogen and oxygen atoms in total. The van der Waals surface area contributed by atoms with Crippen LogP contribution in [0.5, 0.6) is 5.75 Å². The van der Waals surface area contributed by atoms with Crippen molar-refractivity contribution in [3.05, 3.63) is 59.7 Å². The number of hydrogen-bond donors (Lipinski definition) is 2. The SMILES string of the molecule is COc1cccc([C@H]2Nc3ccccc3C(=O)N2O)c1. The van der Waals surface area contributed by atoms with Gasteiger partial charge in [0.15, 0.2) is 6.17 Å². The number of carbonyl (C=O) groups excluding carboxylic acids is 1. The average molecular weight is 270 g/mol. The first kappa shape index (κ1) is 12.5. The fourth-order valence-corrected chi connectivity index (χ4v) is 2.28. The number of amides is 1. The van der Waals surface area contributed by atoms with Crippen LogP contribution >= 0.6 is 0 Å². The Kier molecular flexibility index (Phi) is 3.04. The first-order chi connectivity index (χ1) is 9.70. The van der Waals surface area contributed by atoms with E-state index in [-0.39, 0.29) is 0 Å². The topological polar surface area (TPSA) is 61.8 Å². The quantitative estimate of drug-likeness (QED) is 0.824. The summed E-state index contributed by atoms with van der Waals surface area (Å²) in [6.45, 7) is 0. The number of carbonyl (C=O) groups is 1. The molecule has 2 aromatic carbocycles. The van der Waals surface area contributed by atoms with Crippen molar-refractivity contribution in [1.82, 2.24) is 5.06 Å². The summed E-state index contributed by atoms with van der Waals surface area (Å²) in [5.74, 6) is 0.246. The highest BCUT2D eigenvalue weighted by atomic mass is 16.5. The van der Waals surface area contributed by atoms with Crippen LogP contribution in [0.2, 0.25) is 0 Å². The minimum Gasteiger partial charge on any atom is -0.497 e. The number of ether oxygens (including phenoxy) is 1. The lowest BCUT2D eigenvalue weighted by atomic mass is 10.1. The third kappa shape index (κ3) is 1.98. The molecule has 0 aliphatic carbocycles. The van der Waals surface area contributed by atoms with Crippen LogP contribution in [0.15, 0.2) is 48.5 Å². The average Bonchev–Trinajstić information content (AvgIpc) is 2.51. The molecule has 0 unspecified atom stereocenters. The lowest BCUT2D eigenvalue weighted by Crippen LogP contribution is -2.40. The molecule has 2 aromatic rings. The zero-order chi connectivity index (χ0) is 14.1. The van der Waals surface area contributed by atoms with E-state index >= 15 is 0 Å². The smallest absolute Gasteiger partial charge is 0.281 e. The Labute approximate surface area is 116 Å². The first-order valence-electron chi connectivity index (χ1n) is 6.22. The second-order valence-electron chi connectivity index (χ2n) is 4.52. The Morgan fingerprint density at radius 3 is 2.80 bits per heavy atom. The molecule has 102 valence electrons. The number of para-hydroxylation sites is 1. The van der Waals surface area contributed by atoms with Crippen molar-refractivity contribution in [2.45, 2.75) is 6.17 Å². The van der Waals surface area contributed by atoms with Crippen molar-refractivity contribution in [2.75, 3.05) is 12.4 Å². The number of anilines is 1. The molecule has 1 amide bonds. The molecule has 0 saturated carbocycles. The third-order valence-corrected chi connectivity index (χ3v) is 3.31. The molecular formula is C15H14N2O3. The van der Waals surface area contributed by atoms with Gasteiger partial charge in [0.05, 0.1) is 12.7 Å². The van der Waals surface area contributed by atoms with Crippen molar-refractivity contribution >= 4 is 11.6 Å². The maximum absolute atomic E-state index is 12.2. The molecule has 20 heavy (non-hydrogen) atoms. The Bertz CT molecular complexity index is 657. The van der Waals surface area contributed by atoms with Gasteiger partial charge in [-0.2, -0.15) is 5.06 Å². The van der Waals surface area contributed by atoms with Gasteiger partial charge in [-0.25, -0.2) is 0 Å². The van der Waals surface area contributed by atoms with Gasteiger partial charge in [0.1, 0.15) is 5.75 Å². The zero-order valence-electron chi connectivity index (χ0n) is 10.9. The number of methoxy groups -OCH3 is 1. The van der Waals surface area contributed by atoms with Crippen LogP contribution < -0.4 is 10.1 Å². The predicted octanol–water partition coefficient (Wildman–Crippen LogP) is 2.65. The van der Waals surface area contributed by atoms with E-state index in [9.17, 15) is 10.0 Å². The van der Waals surface area contributed by atoms with Gasteiger partial charge < -0.3 is 10.1 Å². The molecule has 0 fully saturated rings. The summed E-state index contributed by atoms with van der Waals surface area (Å²) in [5, 5.41) is 13.9. The van der Waals surface area contributed by atoms with Gasteiger partial charge in [-0.05, 0) is 24.3 Å². The minimum atomic E-state index is -0.632. The normalized spacial score (nSPS) is 17.4. The van der Waals surface area contributed by atoms with Gasteiger partial charge in [0.2, 0.25) is 0 Å². The van der Waals surface area contributed by atoms with E-state index in [0.717, 1.165) is 5.56 Å². The molecule has 1 aliphatic heterocycles. The van der Waals surface area contributed by atoms with Crippen LogP contribution in [0, 0.1) is 0 Å². The molecule has 0 radical (unpaired) electrons. The summed E-state index contributed by atoms with van der Waals surface area (Å²) in [6, 6.07) is 14.3. The minimum absolute atomic E-state index is 0.424. The van der Waals surface area contributed by atoms with Crippen LogP contribution in [0.1, 0.15) is 22.1 Å². The van der Waals surface area contributed by atoms with Gasteiger partial charge in [0, 0.05) is 11.3 Å². The molecule has 1 aliphatic rings. The van der Waals surface area contributed by atoms with E-state index < -0.39 is 12.1 Å². The van der Waals surface area contributed by atoms with Crippen LogP contribution in [0.25, 0.3) is 0 Å². The van der Waals surface area contributed by atoms with E-state index in [2.05, 4.69) is 5.32 Å². The Morgan fingerprint density at radius 2 is 2.00 bits per heavy atom. The van der Waals surface area contributed by atoms with E-state index in [0.29, 0.717) is 22.1 Å². The molecule has 0 spiro atoms. The second kappa shape index (κ2) is 4.86. The van der Waals surface area contributed by atoms with Crippen molar-refractivity contribution in [1.29, 1.82) is 0 Å². The molecular weight excluding hydrogens is 256 g/mol. The monoisotopic (exact) mass is 270 g/mol. The molecule has 1 heterocycles. The second-order valence-corrected chi connectivity index (χ2v) is 4.52. The number of rotatable bonds is 2. The number of hydrogen-bond acceptors (Lipinski definition) is 4. The molecule has 1 atom stereocenters. The fourth-order valence-electron chi connectivity index (χ4n) is 2.28. The summed E-state index contributed by atoms with van der Waals surface area (Å²) in [5.41, 5.74) is 1.90. The third-order valence-electron chi connectivity index (χ3n) is 3.31. The van der Waals surface area contributed by atoms with E-state index in [1.54, 1.807) is 25.3 Å². The highest BCUT2D eigenvalue weighted by molar-refractivity contribution is 6.00. The van der Waals surface area contributed by atoms with Gasteiger partial charge >= 0.3 is 0 Å². The van der Waals surface area contributed by atoms with Crippen molar-refractivity contribution in [3.63, 3.8) is 0 Å². The highest BCUT2D eigenvalue weighted by Crippen LogP contribution is 2.32. The lowest BCUT2D eigenvalue weighted by Gasteiger charge is -2.33. The van der Waals surface area contributed by atoms with E-state index in [4.69, 9.17) is 4.74 Å². The Morgan fingerprint density at radius 1 is 1.20 bits per heavy atom. The first-order valence-corrected chi connectivity index (χ1v) is 6.22. The van der Waals surface area contributed by atoms with E-state index in [1.807, 2.05) is 30.3 Å². The number of benzene rings is 2. The van der Waals surface area contributed by atoms with Crippen molar-refractivity contribution in [2.24, 2.45) is 0 Å². The fraction of sp³-hybridized carbons (Fsp3) is 0.133. The van der Waals surface area contributed by atoms with Gasteiger partial charge in [-0.15, -0.1) is 0 Å².